The van der Waals surface area contributed by atoms with Gasteiger partial charge in [-0.15, -0.1) is 10.2 Å². The highest BCUT2D eigenvalue weighted by atomic mass is 35.5. The van der Waals surface area contributed by atoms with Gasteiger partial charge < -0.3 is 15.2 Å². The minimum Gasteiger partial charge on any atom is -0.369 e. The van der Waals surface area contributed by atoms with Gasteiger partial charge in [0.1, 0.15) is 0 Å². The summed E-state index contributed by atoms with van der Waals surface area (Å²) in [4.78, 5) is 25.6. The van der Waals surface area contributed by atoms with Gasteiger partial charge in [0, 0.05) is 30.2 Å². The quantitative estimate of drug-likeness (QED) is 0.742. The summed E-state index contributed by atoms with van der Waals surface area (Å²) < 4.78 is 1.98. The standard InChI is InChI=1S/C18H22ClN5O2S/c1-2-24-17(12-5-7-14(19)8-6-12)21-22-18(24)27-11-15(25)23-9-3-4-13(10-23)16(20)26/h5-8,13H,2-4,9-11H2,1H3,(H2,20,26). The van der Waals surface area contributed by atoms with Crippen LogP contribution in [0.3, 0.4) is 0 Å². The number of hydrogen-bond donors (Lipinski definition) is 1. The van der Waals surface area contributed by atoms with Crippen LogP contribution in [-0.4, -0.2) is 50.3 Å². The highest BCUT2D eigenvalue weighted by Crippen LogP contribution is 2.26. The van der Waals surface area contributed by atoms with Crippen molar-refractivity contribution in [3.8, 4) is 11.4 Å². The molecule has 1 aliphatic heterocycles. The van der Waals surface area contributed by atoms with Crippen molar-refractivity contribution < 1.29 is 9.59 Å². The molecular formula is C18H22ClN5O2S. The molecule has 3 rings (SSSR count). The lowest BCUT2D eigenvalue weighted by molar-refractivity contribution is -0.132. The van der Waals surface area contributed by atoms with Crippen molar-refractivity contribution in [2.75, 3.05) is 18.8 Å². The molecule has 2 N–H and O–H groups in total. The third-order valence-electron chi connectivity index (χ3n) is 4.64. The van der Waals surface area contributed by atoms with Crippen molar-refractivity contribution in [2.24, 2.45) is 11.7 Å². The van der Waals surface area contributed by atoms with Gasteiger partial charge in [0.2, 0.25) is 11.8 Å². The van der Waals surface area contributed by atoms with Crippen molar-refractivity contribution in [3.05, 3.63) is 29.3 Å². The number of aromatic nitrogens is 3. The maximum absolute atomic E-state index is 12.5. The van der Waals surface area contributed by atoms with Crippen molar-refractivity contribution in [1.29, 1.82) is 0 Å². The van der Waals surface area contributed by atoms with Gasteiger partial charge >= 0.3 is 0 Å². The second kappa shape index (κ2) is 8.75. The summed E-state index contributed by atoms with van der Waals surface area (Å²) in [6.45, 7) is 3.77. The van der Waals surface area contributed by atoms with Crippen molar-refractivity contribution in [1.82, 2.24) is 19.7 Å². The zero-order valence-corrected chi connectivity index (χ0v) is 16.7. The minimum absolute atomic E-state index is 0.00959. The Balaban J connectivity index is 1.66. The fourth-order valence-electron chi connectivity index (χ4n) is 3.15. The van der Waals surface area contributed by atoms with Crippen LogP contribution in [0.5, 0.6) is 0 Å². The topological polar surface area (TPSA) is 94.1 Å². The van der Waals surface area contributed by atoms with Crippen LogP contribution in [0, 0.1) is 5.92 Å². The number of rotatable bonds is 6. The predicted octanol–water partition coefficient (Wildman–Crippen LogP) is 2.43. The van der Waals surface area contributed by atoms with Crippen LogP contribution in [-0.2, 0) is 16.1 Å². The van der Waals surface area contributed by atoms with E-state index in [1.807, 2.05) is 35.8 Å². The first-order valence-electron chi connectivity index (χ1n) is 8.88. The zero-order valence-electron chi connectivity index (χ0n) is 15.1. The number of carbonyl (C=O) groups excluding carboxylic acids is 2. The third kappa shape index (κ3) is 4.62. The molecule has 0 saturated carbocycles. The second-order valence-corrected chi connectivity index (χ2v) is 7.81. The fourth-order valence-corrected chi connectivity index (χ4v) is 4.18. The van der Waals surface area contributed by atoms with Crippen molar-refractivity contribution >= 4 is 35.2 Å². The number of nitrogens with two attached hydrogens (primary N) is 1. The molecule has 27 heavy (non-hydrogen) atoms. The zero-order chi connectivity index (χ0) is 19.4. The molecular weight excluding hydrogens is 386 g/mol. The van der Waals surface area contributed by atoms with E-state index in [0.717, 1.165) is 24.2 Å². The predicted molar refractivity (Wildman–Crippen MR) is 105 cm³/mol. The number of thioether (sulfide) groups is 1. The van der Waals surface area contributed by atoms with Crippen LogP contribution in [0.1, 0.15) is 19.8 Å². The highest BCUT2D eigenvalue weighted by Gasteiger charge is 2.27. The number of carbonyl (C=O) groups is 2. The van der Waals surface area contributed by atoms with Gasteiger partial charge in [-0.1, -0.05) is 23.4 Å². The summed E-state index contributed by atoms with van der Waals surface area (Å²) in [5, 5.41) is 9.88. The van der Waals surface area contributed by atoms with E-state index in [1.54, 1.807) is 4.90 Å². The summed E-state index contributed by atoms with van der Waals surface area (Å²) in [6, 6.07) is 7.42. The van der Waals surface area contributed by atoms with E-state index in [9.17, 15) is 9.59 Å². The number of primary amides is 1. The number of amides is 2. The fraction of sp³-hybridized carbons (Fsp3) is 0.444. The Kier molecular flexibility index (Phi) is 6.38. The molecule has 144 valence electrons. The number of hydrogen-bond acceptors (Lipinski definition) is 5. The molecule has 1 atom stereocenters. The van der Waals surface area contributed by atoms with E-state index in [4.69, 9.17) is 17.3 Å². The number of benzene rings is 1. The van der Waals surface area contributed by atoms with Crippen LogP contribution in [0.25, 0.3) is 11.4 Å². The average Bonchev–Trinajstić information content (AvgIpc) is 3.09. The van der Waals surface area contributed by atoms with E-state index < -0.39 is 0 Å². The summed E-state index contributed by atoms with van der Waals surface area (Å²) in [7, 11) is 0. The summed E-state index contributed by atoms with van der Waals surface area (Å²) >= 11 is 7.31. The molecule has 0 radical (unpaired) electrons. The highest BCUT2D eigenvalue weighted by molar-refractivity contribution is 7.99. The first-order chi connectivity index (χ1) is 13.0. The number of piperidine rings is 1. The molecule has 1 aromatic carbocycles. The third-order valence-corrected chi connectivity index (χ3v) is 5.84. The lowest BCUT2D eigenvalue weighted by Crippen LogP contribution is -2.44. The lowest BCUT2D eigenvalue weighted by atomic mass is 9.97. The summed E-state index contributed by atoms with van der Waals surface area (Å²) in [5.74, 6) is 0.409. The molecule has 2 heterocycles. The monoisotopic (exact) mass is 407 g/mol. The van der Waals surface area contributed by atoms with Crippen molar-refractivity contribution in [2.45, 2.75) is 31.5 Å². The Morgan fingerprint density at radius 1 is 1.30 bits per heavy atom. The Hall–Kier alpha value is -2.06. The van der Waals surface area contributed by atoms with Gasteiger partial charge in [-0.3, -0.25) is 9.59 Å². The second-order valence-electron chi connectivity index (χ2n) is 6.43. The lowest BCUT2D eigenvalue weighted by Gasteiger charge is -2.31. The largest absolute Gasteiger partial charge is 0.369 e. The van der Waals surface area contributed by atoms with E-state index >= 15 is 0 Å². The maximum Gasteiger partial charge on any atom is 0.233 e. The molecule has 9 heteroatoms. The van der Waals surface area contributed by atoms with Crippen LogP contribution >= 0.6 is 23.4 Å². The first kappa shape index (κ1) is 19.7. The number of likely N-dealkylation sites (tertiary alicyclic amines) is 1. The van der Waals surface area contributed by atoms with Gasteiger partial charge in [-0.05, 0) is 44.0 Å². The van der Waals surface area contributed by atoms with Crippen molar-refractivity contribution in [3.63, 3.8) is 0 Å². The summed E-state index contributed by atoms with van der Waals surface area (Å²) in [5.41, 5.74) is 6.31. The van der Waals surface area contributed by atoms with Crippen LogP contribution in [0.15, 0.2) is 29.4 Å². The molecule has 0 aliphatic carbocycles. The SMILES string of the molecule is CCn1c(SCC(=O)N2CCCC(C(N)=O)C2)nnc1-c1ccc(Cl)cc1. The molecule has 2 aromatic rings. The molecule has 2 amide bonds. The van der Waals surface area contributed by atoms with Gasteiger partial charge in [0.15, 0.2) is 11.0 Å². The Morgan fingerprint density at radius 2 is 2.04 bits per heavy atom. The first-order valence-corrected chi connectivity index (χ1v) is 10.2. The smallest absolute Gasteiger partial charge is 0.233 e. The average molecular weight is 408 g/mol. The van der Waals surface area contributed by atoms with Gasteiger partial charge in [0.05, 0.1) is 11.7 Å². The molecule has 1 fully saturated rings. The van der Waals surface area contributed by atoms with Gasteiger partial charge in [-0.2, -0.15) is 0 Å². The van der Waals surface area contributed by atoms with Gasteiger partial charge in [0.25, 0.3) is 0 Å². The Bertz CT molecular complexity index is 824. The molecule has 1 saturated heterocycles. The van der Waals surface area contributed by atoms with E-state index in [0.29, 0.717) is 29.8 Å². The van der Waals surface area contributed by atoms with Gasteiger partial charge in [-0.25, -0.2) is 0 Å². The van der Waals surface area contributed by atoms with E-state index in [1.165, 1.54) is 11.8 Å². The Morgan fingerprint density at radius 3 is 2.70 bits per heavy atom. The molecule has 1 aromatic heterocycles. The maximum atomic E-state index is 12.5. The molecule has 1 aliphatic rings. The molecule has 7 nitrogen and oxygen atoms in total. The molecule has 0 bridgehead atoms. The van der Waals surface area contributed by atoms with E-state index in [2.05, 4.69) is 10.2 Å². The normalized spacial score (nSPS) is 17.1. The molecule has 0 spiro atoms. The minimum atomic E-state index is -0.335. The summed E-state index contributed by atoms with van der Waals surface area (Å²) in [6.07, 6.45) is 1.55. The Labute approximate surface area is 167 Å². The number of halogens is 1. The van der Waals surface area contributed by atoms with Crippen LogP contribution in [0.2, 0.25) is 5.02 Å². The van der Waals surface area contributed by atoms with E-state index in [-0.39, 0.29) is 23.5 Å². The van der Waals surface area contributed by atoms with Crippen LogP contribution in [0.4, 0.5) is 0 Å². The molecule has 1 unspecified atom stereocenters. The number of nitrogens with zero attached hydrogens (tertiary/aromatic N) is 4. The van der Waals surface area contributed by atoms with Crippen LogP contribution < -0.4 is 5.73 Å².